The molecule has 6 nitrogen and oxygen atoms in total. The van der Waals surface area contributed by atoms with Crippen LogP contribution in [0, 0.1) is 24.1 Å². The van der Waals surface area contributed by atoms with Crippen LogP contribution in [0.15, 0.2) is 72.4 Å². The number of nitrogens with one attached hydrogen (secondary N) is 1. The van der Waals surface area contributed by atoms with Crippen LogP contribution >= 0.6 is 11.3 Å². The van der Waals surface area contributed by atoms with Gasteiger partial charge in [0.15, 0.2) is 0 Å². The van der Waals surface area contributed by atoms with Gasteiger partial charge in [-0.15, -0.1) is 10.2 Å². The topological polar surface area (TPSA) is 83.6 Å². The Morgan fingerprint density at radius 3 is 2.71 bits per heavy atom. The molecule has 152 valence electrons. The number of nitrogens with zero attached hydrogens (tertiary/aromatic N) is 4. The number of carbonyl (C=O) groups excluding carboxylic acids is 1. The van der Waals surface area contributed by atoms with Gasteiger partial charge >= 0.3 is 0 Å². The van der Waals surface area contributed by atoms with E-state index in [2.05, 4.69) is 15.5 Å². The van der Waals surface area contributed by atoms with E-state index in [0.717, 1.165) is 11.1 Å². The van der Waals surface area contributed by atoms with Gasteiger partial charge < -0.3 is 4.57 Å². The summed E-state index contributed by atoms with van der Waals surface area (Å²) in [5.41, 5.74) is 3.23. The minimum atomic E-state index is -0.582. The van der Waals surface area contributed by atoms with E-state index in [1.807, 2.05) is 37.3 Å². The fourth-order valence-corrected chi connectivity index (χ4v) is 3.71. The van der Waals surface area contributed by atoms with E-state index in [4.69, 9.17) is 0 Å². The summed E-state index contributed by atoms with van der Waals surface area (Å²) in [4.78, 5) is 12.6. The zero-order valence-corrected chi connectivity index (χ0v) is 17.2. The first kappa shape index (κ1) is 20.2. The fourth-order valence-electron chi connectivity index (χ4n) is 2.98. The monoisotopic (exact) mass is 429 g/mol. The van der Waals surface area contributed by atoms with Gasteiger partial charge in [-0.1, -0.05) is 35.1 Å². The predicted octanol–water partition coefficient (Wildman–Crippen LogP) is 4.99. The van der Waals surface area contributed by atoms with Gasteiger partial charge in [0.25, 0.3) is 5.91 Å². The molecule has 0 unspecified atom stereocenters. The number of aromatic nitrogens is 3. The molecule has 0 radical (unpaired) electrons. The first-order valence-electron chi connectivity index (χ1n) is 9.30. The van der Waals surface area contributed by atoms with Crippen molar-refractivity contribution in [2.24, 2.45) is 0 Å². The average Bonchev–Trinajstić information content (AvgIpc) is 3.42. The highest BCUT2D eigenvalue weighted by Crippen LogP contribution is 2.27. The van der Waals surface area contributed by atoms with E-state index in [-0.39, 0.29) is 11.4 Å². The fraction of sp³-hybridized carbons (Fsp3) is 0.0435. The molecule has 0 aliphatic carbocycles. The molecule has 0 fully saturated rings. The zero-order chi connectivity index (χ0) is 21.8. The quantitative estimate of drug-likeness (QED) is 0.358. The standard InChI is InChI=1S/C23H16FN5OS/c1-15-4-2-5-16(12-15)22-27-28-23(31-22)26-21(30)17(14-25)13-20-6-3-11-29(20)19-9-7-18(24)8-10-19/h2-13H,1H3,(H,26,28,30)/b17-13-. The van der Waals surface area contributed by atoms with Crippen LogP contribution in [0.25, 0.3) is 22.3 Å². The van der Waals surface area contributed by atoms with Crippen molar-refractivity contribution in [1.29, 1.82) is 5.26 Å². The Kier molecular flexibility index (Phi) is 5.69. The molecule has 0 spiro atoms. The first-order chi connectivity index (χ1) is 15.0. The van der Waals surface area contributed by atoms with E-state index < -0.39 is 5.91 Å². The number of hydrogen-bond donors (Lipinski definition) is 1. The van der Waals surface area contributed by atoms with Crippen LogP contribution in [-0.4, -0.2) is 20.7 Å². The number of hydrogen-bond acceptors (Lipinski definition) is 5. The Labute approximate surface area is 181 Å². The molecule has 0 atom stereocenters. The van der Waals surface area contributed by atoms with Gasteiger partial charge in [-0.25, -0.2) is 4.39 Å². The third kappa shape index (κ3) is 4.57. The number of nitriles is 1. The van der Waals surface area contributed by atoms with Gasteiger partial charge in [0.1, 0.15) is 22.5 Å². The number of carbonyl (C=O) groups is 1. The minimum absolute atomic E-state index is 0.0885. The molecule has 0 bridgehead atoms. The Balaban J connectivity index is 1.55. The van der Waals surface area contributed by atoms with E-state index in [0.29, 0.717) is 21.5 Å². The second-order valence-corrected chi connectivity index (χ2v) is 7.66. The predicted molar refractivity (Wildman–Crippen MR) is 118 cm³/mol. The summed E-state index contributed by atoms with van der Waals surface area (Å²) in [6.45, 7) is 1.99. The number of rotatable bonds is 5. The molecule has 2 aromatic carbocycles. The summed E-state index contributed by atoms with van der Waals surface area (Å²) >= 11 is 1.23. The van der Waals surface area contributed by atoms with Crippen molar-refractivity contribution >= 4 is 28.5 Å². The van der Waals surface area contributed by atoms with Crippen molar-refractivity contribution in [2.45, 2.75) is 6.92 Å². The van der Waals surface area contributed by atoms with Gasteiger partial charge in [-0.3, -0.25) is 10.1 Å². The van der Waals surface area contributed by atoms with Crippen molar-refractivity contribution in [3.63, 3.8) is 0 Å². The van der Waals surface area contributed by atoms with Gasteiger partial charge in [0.2, 0.25) is 5.13 Å². The normalized spacial score (nSPS) is 11.2. The van der Waals surface area contributed by atoms with Gasteiger partial charge in [0.05, 0.1) is 0 Å². The van der Waals surface area contributed by atoms with Crippen LogP contribution in [0.5, 0.6) is 0 Å². The van der Waals surface area contributed by atoms with Crippen LogP contribution in [0.2, 0.25) is 0 Å². The highest BCUT2D eigenvalue weighted by Gasteiger charge is 2.15. The molecule has 0 saturated heterocycles. The maximum atomic E-state index is 13.2. The second-order valence-electron chi connectivity index (χ2n) is 6.69. The minimum Gasteiger partial charge on any atom is -0.317 e. The smallest absolute Gasteiger partial charge is 0.268 e. The molecule has 0 aliphatic heterocycles. The molecule has 0 saturated carbocycles. The second kappa shape index (κ2) is 8.73. The number of anilines is 1. The maximum absolute atomic E-state index is 13.2. The summed E-state index contributed by atoms with van der Waals surface area (Å²) in [5.74, 6) is -0.923. The molecule has 4 aromatic rings. The molecule has 2 aromatic heterocycles. The molecule has 31 heavy (non-hydrogen) atoms. The SMILES string of the molecule is Cc1cccc(-c2nnc(NC(=O)/C(C#N)=C\c3cccn3-c3ccc(F)cc3)s2)c1. The summed E-state index contributed by atoms with van der Waals surface area (Å²) in [7, 11) is 0. The lowest BCUT2D eigenvalue weighted by molar-refractivity contribution is -0.112. The number of benzene rings is 2. The Hall–Kier alpha value is -4.09. The lowest BCUT2D eigenvalue weighted by Gasteiger charge is -2.07. The van der Waals surface area contributed by atoms with Crippen LogP contribution < -0.4 is 5.32 Å². The average molecular weight is 429 g/mol. The molecule has 2 heterocycles. The summed E-state index contributed by atoms with van der Waals surface area (Å²) < 4.78 is 15.0. The lowest BCUT2D eigenvalue weighted by Crippen LogP contribution is -2.13. The van der Waals surface area contributed by atoms with Crippen LogP contribution in [-0.2, 0) is 4.79 Å². The summed E-state index contributed by atoms with van der Waals surface area (Å²) in [6, 6.07) is 19.2. The third-order valence-corrected chi connectivity index (χ3v) is 5.34. The van der Waals surface area contributed by atoms with E-state index >= 15 is 0 Å². The molecule has 1 N–H and O–H groups in total. The Bertz CT molecular complexity index is 1310. The van der Waals surface area contributed by atoms with Crippen molar-refractivity contribution in [1.82, 2.24) is 14.8 Å². The van der Waals surface area contributed by atoms with Crippen LogP contribution in [0.1, 0.15) is 11.3 Å². The van der Waals surface area contributed by atoms with Gasteiger partial charge in [-0.2, -0.15) is 5.26 Å². The lowest BCUT2D eigenvalue weighted by atomic mass is 10.1. The summed E-state index contributed by atoms with van der Waals surface area (Å²) in [6.07, 6.45) is 3.24. The van der Waals surface area contributed by atoms with Crippen molar-refractivity contribution in [3.8, 4) is 22.3 Å². The Morgan fingerprint density at radius 1 is 1.16 bits per heavy atom. The van der Waals surface area contributed by atoms with Crippen molar-refractivity contribution < 1.29 is 9.18 Å². The largest absolute Gasteiger partial charge is 0.317 e. The van der Waals surface area contributed by atoms with Crippen LogP contribution in [0.3, 0.4) is 0 Å². The van der Waals surface area contributed by atoms with Gasteiger partial charge in [0, 0.05) is 23.1 Å². The summed E-state index contributed by atoms with van der Waals surface area (Å²) in [5, 5.41) is 21.3. The Morgan fingerprint density at radius 2 is 1.97 bits per heavy atom. The molecule has 0 aliphatic rings. The van der Waals surface area contributed by atoms with Gasteiger partial charge in [-0.05, 0) is 55.5 Å². The molecular weight excluding hydrogens is 413 g/mol. The van der Waals surface area contributed by atoms with Crippen LogP contribution in [0.4, 0.5) is 9.52 Å². The molecular formula is C23H16FN5OS. The molecule has 4 rings (SSSR count). The first-order valence-corrected chi connectivity index (χ1v) is 10.1. The molecule has 1 amide bonds. The molecule has 8 heteroatoms. The van der Waals surface area contributed by atoms with Crippen molar-refractivity contribution in [2.75, 3.05) is 5.32 Å². The van der Waals surface area contributed by atoms with E-state index in [9.17, 15) is 14.4 Å². The maximum Gasteiger partial charge on any atom is 0.268 e. The number of halogens is 1. The van der Waals surface area contributed by atoms with E-state index in [1.165, 1.54) is 29.5 Å². The number of aryl methyl sites for hydroxylation is 1. The zero-order valence-electron chi connectivity index (χ0n) is 16.4. The third-order valence-electron chi connectivity index (χ3n) is 4.45. The van der Waals surface area contributed by atoms with E-state index in [1.54, 1.807) is 35.0 Å². The number of amides is 1. The highest BCUT2D eigenvalue weighted by atomic mass is 32.1. The highest BCUT2D eigenvalue weighted by molar-refractivity contribution is 7.18. The van der Waals surface area contributed by atoms with Crippen molar-refractivity contribution in [3.05, 3.63) is 89.5 Å².